The molecule has 2 aliphatic rings. The fraction of sp³-hybridized carbons (Fsp3) is 0.571. The molecule has 2 fully saturated rings. The Hall–Kier alpha value is -2.48. The second kappa shape index (κ2) is 8.49. The van der Waals surface area contributed by atoms with Gasteiger partial charge in [0, 0.05) is 18.2 Å². The number of nitrogens with one attached hydrogen (secondary N) is 2. The number of amides is 2. The van der Waals surface area contributed by atoms with Crippen molar-refractivity contribution in [3.05, 3.63) is 41.3 Å². The lowest BCUT2D eigenvalue weighted by molar-refractivity contribution is -0.107. The molecule has 29 heavy (non-hydrogen) atoms. The summed E-state index contributed by atoms with van der Waals surface area (Å²) in [5.41, 5.74) is 1.14. The molecule has 0 radical (unpaired) electrons. The quantitative estimate of drug-likeness (QED) is 0.817. The highest BCUT2D eigenvalue weighted by Crippen LogP contribution is 2.38. The van der Waals surface area contributed by atoms with Crippen LogP contribution >= 0.6 is 0 Å². The van der Waals surface area contributed by atoms with Gasteiger partial charge in [-0.05, 0) is 38.7 Å². The highest BCUT2D eigenvalue weighted by atomic mass is 19.1. The van der Waals surface area contributed by atoms with Gasteiger partial charge in [0.15, 0.2) is 5.82 Å². The Bertz CT molecular complexity index is 857. The third kappa shape index (κ3) is 4.58. The van der Waals surface area contributed by atoms with Crippen LogP contribution in [0.4, 0.5) is 15.0 Å². The van der Waals surface area contributed by atoms with Crippen molar-refractivity contribution >= 4 is 11.8 Å². The molecular formula is C21H28FN5O2. The summed E-state index contributed by atoms with van der Waals surface area (Å²) in [6.45, 7) is 2.75. The number of hydrogen-bond acceptors (Lipinski definition) is 4. The van der Waals surface area contributed by atoms with E-state index in [9.17, 15) is 9.18 Å². The number of benzene rings is 1. The van der Waals surface area contributed by atoms with E-state index in [1.54, 1.807) is 22.9 Å². The molecule has 1 aliphatic carbocycles. The van der Waals surface area contributed by atoms with Crippen molar-refractivity contribution in [3.8, 4) is 0 Å². The summed E-state index contributed by atoms with van der Waals surface area (Å²) >= 11 is 0. The summed E-state index contributed by atoms with van der Waals surface area (Å²) in [7, 11) is 0. The van der Waals surface area contributed by atoms with Crippen molar-refractivity contribution in [2.45, 2.75) is 70.1 Å². The highest BCUT2D eigenvalue weighted by molar-refractivity contribution is 5.88. The van der Waals surface area contributed by atoms with E-state index < -0.39 is 0 Å². The molecule has 1 aromatic heterocycles. The highest BCUT2D eigenvalue weighted by Gasteiger charge is 2.38. The molecule has 2 aromatic rings. The molecule has 2 N–H and O–H groups in total. The number of anilines is 1. The molecule has 1 spiro atoms. The van der Waals surface area contributed by atoms with Gasteiger partial charge in [-0.25, -0.2) is 13.9 Å². The lowest BCUT2D eigenvalue weighted by Crippen LogP contribution is -2.50. The number of urea groups is 1. The first-order valence-electron chi connectivity index (χ1n) is 10.4. The van der Waals surface area contributed by atoms with Crippen LogP contribution in [0.5, 0.6) is 0 Å². The van der Waals surface area contributed by atoms with Crippen molar-refractivity contribution in [1.82, 2.24) is 20.3 Å². The molecular weight excluding hydrogens is 373 g/mol. The normalized spacial score (nSPS) is 21.1. The summed E-state index contributed by atoms with van der Waals surface area (Å²) < 4.78 is 21.6. The van der Waals surface area contributed by atoms with Crippen LogP contribution in [0.2, 0.25) is 0 Å². The minimum Gasteiger partial charge on any atom is -0.375 e. The standard InChI is InChI=1S/C21H28FN5O2/c1-15-19(25-26-27(15)14-16-7-3-4-8-18(16)22)24-20(28)23-17-9-12-29-21(13-17)10-5-2-6-11-21/h3-4,7-8,17H,2,5-6,9-14H2,1H3,(H2,23,24,28). The van der Waals surface area contributed by atoms with E-state index in [1.807, 2.05) is 6.92 Å². The maximum Gasteiger partial charge on any atom is 0.320 e. The first-order valence-corrected chi connectivity index (χ1v) is 10.4. The van der Waals surface area contributed by atoms with Gasteiger partial charge in [-0.3, -0.25) is 5.32 Å². The van der Waals surface area contributed by atoms with Crippen molar-refractivity contribution in [3.63, 3.8) is 0 Å². The SMILES string of the molecule is Cc1c(NC(=O)NC2CCOC3(CCCCC3)C2)nnn1Cc1ccccc1F. The second-order valence-corrected chi connectivity index (χ2v) is 8.15. The van der Waals surface area contributed by atoms with Crippen LogP contribution in [0.15, 0.2) is 24.3 Å². The zero-order valence-corrected chi connectivity index (χ0v) is 16.8. The Morgan fingerprint density at radius 2 is 2.10 bits per heavy atom. The molecule has 0 bridgehead atoms. The number of carbonyl (C=O) groups excluding carboxylic acids is 1. The van der Waals surface area contributed by atoms with E-state index in [-0.39, 0.29) is 30.0 Å². The first-order chi connectivity index (χ1) is 14.0. The van der Waals surface area contributed by atoms with Crippen LogP contribution in [0.25, 0.3) is 0 Å². The summed E-state index contributed by atoms with van der Waals surface area (Å²) in [6.07, 6.45) is 7.50. The zero-order chi connectivity index (χ0) is 20.3. The topological polar surface area (TPSA) is 81.1 Å². The molecule has 1 atom stereocenters. The number of carbonyl (C=O) groups is 1. The second-order valence-electron chi connectivity index (χ2n) is 8.15. The van der Waals surface area contributed by atoms with E-state index in [4.69, 9.17) is 4.74 Å². The van der Waals surface area contributed by atoms with Crippen LogP contribution in [0, 0.1) is 12.7 Å². The number of halogens is 1. The first kappa shape index (κ1) is 19.8. The molecule has 7 nitrogen and oxygen atoms in total. The van der Waals surface area contributed by atoms with E-state index in [0.29, 0.717) is 23.7 Å². The Morgan fingerprint density at radius 1 is 1.31 bits per heavy atom. The van der Waals surface area contributed by atoms with Crippen LogP contribution in [0.3, 0.4) is 0 Å². The Labute approximate surface area is 170 Å². The zero-order valence-electron chi connectivity index (χ0n) is 16.8. The van der Waals surface area contributed by atoms with Crippen LogP contribution in [-0.2, 0) is 11.3 Å². The number of hydrogen-bond donors (Lipinski definition) is 2. The molecule has 1 saturated heterocycles. The maximum absolute atomic E-state index is 13.9. The smallest absolute Gasteiger partial charge is 0.320 e. The third-order valence-corrected chi connectivity index (χ3v) is 6.09. The van der Waals surface area contributed by atoms with Crippen LogP contribution < -0.4 is 10.6 Å². The van der Waals surface area contributed by atoms with Crippen LogP contribution in [0.1, 0.15) is 56.2 Å². The number of ether oxygens (including phenoxy) is 1. The molecule has 4 rings (SSSR count). The lowest BCUT2D eigenvalue weighted by atomic mass is 9.78. The number of nitrogens with zero attached hydrogens (tertiary/aromatic N) is 3. The molecule has 1 aromatic carbocycles. The van der Waals surface area contributed by atoms with Crippen molar-refractivity contribution in [2.24, 2.45) is 0 Å². The van der Waals surface area contributed by atoms with Gasteiger partial charge in [0.05, 0.1) is 17.8 Å². The maximum atomic E-state index is 13.9. The number of aromatic nitrogens is 3. The predicted molar refractivity (Wildman–Crippen MR) is 107 cm³/mol. The Kier molecular flexibility index (Phi) is 5.80. The Morgan fingerprint density at radius 3 is 2.90 bits per heavy atom. The van der Waals surface area contributed by atoms with E-state index in [2.05, 4.69) is 20.9 Å². The van der Waals surface area contributed by atoms with E-state index in [0.717, 1.165) is 25.7 Å². The van der Waals surface area contributed by atoms with E-state index >= 15 is 0 Å². The predicted octanol–water partition coefficient (Wildman–Crippen LogP) is 3.78. The molecule has 8 heteroatoms. The molecule has 1 unspecified atom stereocenters. The minimum absolute atomic E-state index is 0.0622. The number of rotatable bonds is 4. The van der Waals surface area contributed by atoms with Crippen LogP contribution in [-0.4, -0.2) is 39.3 Å². The van der Waals surface area contributed by atoms with Gasteiger partial charge in [0.1, 0.15) is 5.82 Å². The third-order valence-electron chi connectivity index (χ3n) is 6.09. The van der Waals surface area contributed by atoms with Gasteiger partial charge in [-0.2, -0.15) is 0 Å². The summed E-state index contributed by atoms with van der Waals surface area (Å²) in [4.78, 5) is 12.5. The fourth-order valence-electron chi connectivity index (χ4n) is 4.44. The van der Waals surface area contributed by atoms with Gasteiger partial charge in [-0.15, -0.1) is 5.10 Å². The van der Waals surface area contributed by atoms with Crippen molar-refractivity contribution < 1.29 is 13.9 Å². The minimum atomic E-state index is -0.288. The monoisotopic (exact) mass is 401 g/mol. The molecule has 2 amide bonds. The van der Waals surface area contributed by atoms with Gasteiger partial charge in [0.2, 0.25) is 0 Å². The molecule has 1 saturated carbocycles. The lowest BCUT2D eigenvalue weighted by Gasteiger charge is -2.43. The summed E-state index contributed by atoms with van der Waals surface area (Å²) in [6, 6.07) is 6.37. The van der Waals surface area contributed by atoms with Crippen molar-refractivity contribution in [2.75, 3.05) is 11.9 Å². The summed E-state index contributed by atoms with van der Waals surface area (Å²) in [5, 5.41) is 14.0. The molecule has 1 aliphatic heterocycles. The van der Waals surface area contributed by atoms with E-state index in [1.165, 1.54) is 25.3 Å². The summed E-state index contributed by atoms with van der Waals surface area (Å²) in [5.74, 6) is 0.101. The Balaban J connectivity index is 1.35. The average molecular weight is 401 g/mol. The van der Waals surface area contributed by atoms with Gasteiger partial charge in [-0.1, -0.05) is 42.7 Å². The largest absolute Gasteiger partial charge is 0.375 e. The van der Waals surface area contributed by atoms with Gasteiger partial charge >= 0.3 is 6.03 Å². The van der Waals surface area contributed by atoms with Crippen molar-refractivity contribution in [1.29, 1.82) is 0 Å². The average Bonchev–Trinajstić information content (AvgIpc) is 3.04. The molecule has 156 valence electrons. The fourth-order valence-corrected chi connectivity index (χ4v) is 4.44. The molecule has 2 heterocycles. The van der Waals surface area contributed by atoms with Gasteiger partial charge in [0.25, 0.3) is 0 Å². The van der Waals surface area contributed by atoms with Gasteiger partial charge < -0.3 is 10.1 Å².